The maximum Gasteiger partial charge on any atom is 0.0167 e. The van der Waals surface area contributed by atoms with Gasteiger partial charge < -0.3 is 5.73 Å². The first-order valence-electron chi connectivity index (χ1n) is 7.27. The standard InChI is InChI=1S/C14H30N2/c1-3-5-9-13(15)12-16(4-2)14-10-7-6-8-11-14/h13-14H,3-12,15H2,1-2H3. The molecule has 1 rings (SSSR count). The van der Waals surface area contributed by atoms with Gasteiger partial charge in [0.05, 0.1) is 0 Å². The van der Waals surface area contributed by atoms with Gasteiger partial charge in [-0.25, -0.2) is 0 Å². The minimum absolute atomic E-state index is 0.391. The van der Waals surface area contributed by atoms with Crippen LogP contribution in [0.4, 0.5) is 0 Å². The minimum atomic E-state index is 0.391. The summed E-state index contributed by atoms with van der Waals surface area (Å²) in [7, 11) is 0. The van der Waals surface area contributed by atoms with E-state index in [1.807, 2.05) is 0 Å². The molecule has 0 radical (unpaired) electrons. The lowest BCUT2D eigenvalue weighted by atomic mass is 9.93. The summed E-state index contributed by atoms with van der Waals surface area (Å²) >= 11 is 0. The van der Waals surface area contributed by atoms with E-state index in [1.54, 1.807) is 0 Å². The van der Waals surface area contributed by atoms with Gasteiger partial charge in [-0.05, 0) is 25.8 Å². The summed E-state index contributed by atoms with van der Waals surface area (Å²) in [5.74, 6) is 0. The molecule has 2 N–H and O–H groups in total. The summed E-state index contributed by atoms with van der Waals surface area (Å²) < 4.78 is 0. The van der Waals surface area contributed by atoms with Gasteiger partial charge >= 0.3 is 0 Å². The van der Waals surface area contributed by atoms with E-state index in [9.17, 15) is 0 Å². The second-order valence-electron chi connectivity index (χ2n) is 5.28. The predicted octanol–water partition coefficient (Wildman–Crippen LogP) is 3.16. The molecule has 0 aromatic heterocycles. The van der Waals surface area contributed by atoms with Gasteiger partial charge in [0.1, 0.15) is 0 Å². The molecule has 1 aliphatic rings. The molecule has 0 saturated heterocycles. The fraction of sp³-hybridized carbons (Fsp3) is 1.00. The molecule has 0 bridgehead atoms. The van der Waals surface area contributed by atoms with Gasteiger partial charge in [-0.1, -0.05) is 46.0 Å². The molecule has 1 atom stereocenters. The Morgan fingerprint density at radius 3 is 2.44 bits per heavy atom. The lowest BCUT2D eigenvalue weighted by Crippen LogP contribution is -2.44. The first-order chi connectivity index (χ1) is 7.77. The molecule has 96 valence electrons. The van der Waals surface area contributed by atoms with Crippen molar-refractivity contribution in [2.24, 2.45) is 5.73 Å². The maximum atomic E-state index is 6.20. The van der Waals surface area contributed by atoms with Crippen LogP contribution in [-0.4, -0.2) is 30.1 Å². The quantitative estimate of drug-likeness (QED) is 0.722. The number of hydrogen-bond donors (Lipinski definition) is 1. The Balaban J connectivity index is 2.29. The van der Waals surface area contributed by atoms with Crippen LogP contribution < -0.4 is 5.73 Å². The van der Waals surface area contributed by atoms with Gasteiger partial charge in [0.2, 0.25) is 0 Å². The maximum absolute atomic E-state index is 6.20. The summed E-state index contributed by atoms with van der Waals surface area (Å²) in [6.07, 6.45) is 10.8. The second kappa shape index (κ2) is 8.08. The van der Waals surface area contributed by atoms with Crippen LogP contribution in [0, 0.1) is 0 Å². The minimum Gasteiger partial charge on any atom is -0.327 e. The van der Waals surface area contributed by atoms with E-state index < -0.39 is 0 Å². The normalized spacial score (nSPS) is 20.2. The van der Waals surface area contributed by atoms with E-state index in [4.69, 9.17) is 5.73 Å². The van der Waals surface area contributed by atoms with E-state index in [0.717, 1.165) is 12.6 Å². The Hall–Kier alpha value is -0.0800. The number of likely N-dealkylation sites (N-methyl/N-ethyl adjacent to an activating group) is 1. The van der Waals surface area contributed by atoms with Crippen LogP contribution in [-0.2, 0) is 0 Å². The highest BCUT2D eigenvalue weighted by Gasteiger charge is 2.21. The SMILES string of the molecule is CCCCC(N)CN(CC)C1CCCCC1. The second-order valence-corrected chi connectivity index (χ2v) is 5.28. The lowest BCUT2D eigenvalue weighted by molar-refractivity contribution is 0.152. The molecule has 0 aromatic rings. The molecule has 1 saturated carbocycles. The zero-order valence-corrected chi connectivity index (χ0v) is 11.3. The fourth-order valence-corrected chi connectivity index (χ4v) is 2.84. The molecule has 1 fully saturated rings. The number of nitrogens with zero attached hydrogens (tertiary/aromatic N) is 1. The average Bonchev–Trinajstić information content (AvgIpc) is 2.34. The Morgan fingerprint density at radius 1 is 1.19 bits per heavy atom. The third kappa shape index (κ3) is 4.84. The van der Waals surface area contributed by atoms with E-state index in [0.29, 0.717) is 6.04 Å². The van der Waals surface area contributed by atoms with E-state index in [2.05, 4.69) is 18.7 Å². The van der Waals surface area contributed by atoms with E-state index >= 15 is 0 Å². The van der Waals surface area contributed by atoms with Crippen molar-refractivity contribution in [3.05, 3.63) is 0 Å². The summed E-state index contributed by atoms with van der Waals surface area (Å²) in [5.41, 5.74) is 6.20. The van der Waals surface area contributed by atoms with Gasteiger partial charge in [0, 0.05) is 18.6 Å². The fourth-order valence-electron chi connectivity index (χ4n) is 2.84. The predicted molar refractivity (Wildman–Crippen MR) is 71.6 cm³/mol. The molecule has 0 amide bonds. The molecule has 1 aliphatic carbocycles. The third-order valence-electron chi connectivity index (χ3n) is 3.89. The van der Waals surface area contributed by atoms with Crippen molar-refractivity contribution in [3.63, 3.8) is 0 Å². The highest BCUT2D eigenvalue weighted by atomic mass is 15.2. The smallest absolute Gasteiger partial charge is 0.0167 e. The van der Waals surface area contributed by atoms with Crippen molar-refractivity contribution >= 4 is 0 Å². The molecule has 1 unspecified atom stereocenters. The van der Waals surface area contributed by atoms with Gasteiger partial charge in [-0.3, -0.25) is 4.90 Å². The van der Waals surface area contributed by atoms with Crippen molar-refractivity contribution in [3.8, 4) is 0 Å². The van der Waals surface area contributed by atoms with E-state index in [1.165, 1.54) is 57.9 Å². The summed E-state index contributed by atoms with van der Waals surface area (Å²) in [4.78, 5) is 2.62. The number of nitrogens with two attached hydrogens (primary N) is 1. The Bertz CT molecular complexity index is 164. The Kier molecular flexibility index (Phi) is 7.06. The molecule has 2 nitrogen and oxygen atoms in total. The van der Waals surface area contributed by atoms with Crippen LogP contribution in [0.2, 0.25) is 0 Å². The van der Waals surface area contributed by atoms with Crippen molar-refractivity contribution in [2.75, 3.05) is 13.1 Å². The molecule has 0 aliphatic heterocycles. The van der Waals surface area contributed by atoms with Crippen molar-refractivity contribution in [1.29, 1.82) is 0 Å². The monoisotopic (exact) mass is 226 g/mol. The number of rotatable bonds is 7. The zero-order chi connectivity index (χ0) is 11.8. The van der Waals surface area contributed by atoms with Crippen LogP contribution in [0.15, 0.2) is 0 Å². The molecule has 16 heavy (non-hydrogen) atoms. The topological polar surface area (TPSA) is 29.3 Å². The zero-order valence-electron chi connectivity index (χ0n) is 11.3. The largest absolute Gasteiger partial charge is 0.327 e. The average molecular weight is 226 g/mol. The van der Waals surface area contributed by atoms with Crippen molar-refractivity contribution in [2.45, 2.75) is 77.3 Å². The first-order valence-corrected chi connectivity index (χ1v) is 7.27. The van der Waals surface area contributed by atoms with Gasteiger partial charge in [0.25, 0.3) is 0 Å². The van der Waals surface area contributed by atoms with Crippen LogP contribution in [0.1, 0.15) is 65.2 Å². The Morgan fingerprint density at radius 2 is 1.88 bits per heavy atom. The molecular weight excluding hydrogens is 196 g/mol. The van der Waals surface area contributed by atoms with Crippen LogP contribution in [0.3, 0.4) is 0 Å². The van der Waals surface area contributed by atoms with Gasteiger partial charge in [-0.15, -0.1) is 0 Å². The molecular formula is C14H30N2. The third-order valence-corrected chi connectivity index (χ3v) is 3.89. The Labute approximate surface area is 102 Å². The van der Waals surface area contributed by atoms with Gasteiger partial charge in [0.15, 0.2) is 0 Å². The van der Waals surface area contributed by atoms with Crippen molar-refractivity contribution in [1.82, 2.24) is 4.90 Å². The highest BCUT2D eigenvalue weighted by molar-refractivity contribution is 4.78. The van der Waals surface area contributed by atoms with Crippen LogP contribution in [0.5, 0.6) is 0 Å². The first kappa shape index (κ1) is 14.0. The summed E-state index contributed by atoms with van der Waals surface area (Å²) in [5, 5.41) is 0. The number of unbranched alkanes of at least 4 members (excludes halogenated alkanes) is 1. The van der Waals surface area contributed by atoms with Crippen molar-refractivity contribution < 1.29 is 0 Å². The summed E-state index contributed by atoms with van der Waals surface area (Å²) in [6.45, 7) is 6.80. The molecule has 2 heteroatoms. The van der Waals surface area contributed by atoms with E-state index in [-0.39, 0.29) is 0 Å². The lowest BCUT2D eigenvalue weighted by Gasteiger charge is -2.35. The highest BCUT2D eigenvalue weighted by Crippen LogP contribution is 2.22. The number of hydrogen-bond acceptors (Lipinski definition) is 2. The summed E-state index contributed by atoms with van der Waals surface area (Å²) in [6, 6.07) is 1.22. The van der Waals surface area contributed by atoms with Crippen LogP contribution >= 0.6 is 0 Å². The van der Waals surface area contributed by atoms with Gasteiger partial charge in [-0.2, -0.15) is 0 Å². The molecule has 0 heterocycles. The van der Waals surface area contributed by atoms with Crippen LogP contribution in [0.25, 0.3) is 0 Å². The molecule has 0 aromatic carbocycles. The molecule has 0 spiro atoms.